The van der Waals surface area contributed by atoms with E-state index in [2.05, 4.69) is 18.7 Å². The minimum absolute atomic E-state index is 0.460. The topological polar surface area (TPSA) is 32.7 Å². The molecule has 0 unspecified atom stereocenters. The van der Waals surface area contributed by atoms with Crippen LogP contribution in [0.15, 0.2) is 0 Å². The molecule has 0 aromatic rings. The van der Waals surface area contributed by atoms with E-state index >= 15 is 0 Å². The van der Waals surface area contributed by atoms with Crippen molar-refractivity contribution in [3.8, 4) is 0 Å². The summed E-state index contributed by atoms with van der Waals surface area (Å²) in [6.07, 6.45) is 1.59. The van der Waals surface area contributed by atoms with E-state index in [1.54, 1.807) is 0 Å². The highest BCUT2D eigenvalue weighted by Gasteiger charge is 2.39. The zero-order chi connectivity index (χ0) is 10.2. The molecule has 3 nitrogen and oxygen atoms in total. The fourth-order valence-corrected chi connectivity index (χ4v) is 2.60. The molecule has 0 bridgehead atoms. The van der Waals surface area contributed by atoms with Crippen molar-refractivity contribution in [2.24, 2.45) is 5.41 Å². The number of hydrogen-bond acceptors (Lipinski definition) is 3. The Labute approximate surface area is 86.0 Å². The van der Waals surface area contributed by atoms with Crippen LogP contribution in [0, 0.1) is 5.41 Å². The van der Waals surface area contributed by atoms with Crippen LogP contribution in [0.3, 0.4) is 0 Å². The third-order valence-electron chi connectivity index (χ3n) is 3.24. The molecule has 0 atom stereocenters. The van der Waals surface area contributed by atoms with Gasteiger partial charge >= 0.3 is 0 Å². The van der Waals surface area contributed by atoms with Gasteiger partial charge in [-0.1, -0.05) is 13.8 Å². The van der Waals surface area contributed by atoms with Gasteiger partial charge in [0, 0.05) is 45.7 Å². The largest absolute Gasteiger partial charge is 0.388 e. The summed E-state index contributed by atoms with van der Waals surface area (Å²) in [5.74, 6) is 0. The lowest BCUT2D eigenvalue weighted by Crippen LogP contribution is -2.58. The van der Waals surface area contributed by atoms with E-state index in [-0.39, 0.29) is 0 Å². The molecule has 0 aromatic carbocycles. The Hall–Kier alpha value is -0.120. The Bertz CT molecular complexity index is 201. The molecule has 0 amide bonds. The van der Waals surface area contributed by atoms with E-state index in [4.69, 9.17) is 4.74 Å². The monoisotopic (exact) mass is 199 g/mol. The lowest BCUT2D eigenvalue weighted by molar-refractivity contribution is -0.105. The van der Waals surface area contributed by atoms with E-state index in [9.17, 15) is 5.11 Å². The van der Waals surface area contributed by atoms with Crippen LogP contribution in [-0.2, 0) is 4.74 Å². The summed E-state index contributed by atoms with van der Waals surface area (Å²) in [5.41, 5.74) is -0.0176. The van der Waals surface area contributed by atoms with Crippen molar-refractivity contribution >= 4 is 0 Å². The first-order valence-corrected chi connectivity index (χ1v) is 5.52. The first-order chi connectivity index (χ1) is 6.49. The summed E-state index contributed by atoms with van der Waals surface area (Å²) in [5, 5.41) is 10.3. The van der Waals surface area contributed by atoms with Crippen molar-refractivity contribution in [2.45, 2.75) is 32.3 Å². The van der Waals surface area contributed by atoms with E-state index in [0.29, 0.717) is 18.6 Å². The van der Waals surface area contributed by atoms with Crippen molar-refractivity contribution in [3.63, 3.8) is 0 Å². The van der Waals surface area contributed by atoms with Crippen LogP contribution < -0.4 is 0 Å². The SMILES string of the molecule is CC1(C)CN(CC2(O)CCOCC2)C1. The maximum Gasteiger partial charge on any atom is 0.0817 e. The van der Waals surface area contributed by atoms with Crippen LogP contribution >= 0.6 is 0 Å². The van der Waals surface area contributed by atoms with Gasteiger partial charge in [0.25, 0.3) is 0 Å². The van der Waals surface area contributed by atoms with Gasteiger partial charge in [0.2, 0.25) is 0 Å². The maximum absolute atomic E-state index is 10.3. The Morgan fingerprint density at radius 3 is 2.29 bits per heavy atom. The van der Waals surface area contributed by atoms with Crippen LogP contribution in [0.2, 0.25) is 0 Å². The highest BCUT2D eigenvalue weighted by molar-refractivity contribution is 4.93. The number of ether oxygens (including phenoxy) is 1. The summed E-state index contributed by atoms with van der Waals surface area (Å²) in [4.78, 5) is 2.35. The number of nitrogens with zero attached hydrogens (tertiary/aromatic N) is 1. The molecule has 2 rings (SSSR count). The number of β-amino-alcohol motifs (C(OH)–C–C–N with tert-alkyl or cyclic N) is 1. The fraction of sp³-hybridized carbons (Fsp3) is 1.00. The van der Waals surface area contributed by atoms with Gasteiger partial charge in [-0.3, -0.25) is 4.90 Å². The van der Waals surface area contributed by atoms with Gasteiger partial charge in [0.15, 0.2) is 0 Å². The second-order valence-corrected chi connectivity index (χ2v) is 5.65. The number of hydrogen-bond donors (Lipinski definition) is 1. The van der Waals surface area contributed by atoms with Crippen molar-refractivity contribution in [3.05, 3.63) is 0 Å². The Kier molecular flexibility index (Phi) is 2.58. The maximum atomic E-state index is 10.3. The number of likely N-dealkylation sites (tertiary alicyclic amines) is 1. The smallest absolute Gasteiger partial charge is 0.0817 e. The average molecular weight is 199 g/mol. The minimum Gasteiger partial charge on any atom is -0.388 e. The Morgan fingerprint density at radius 1 is 1.21 bits per heavy atom. The summed E-state index contributed by atoms with van der Waals surface area (Å²) in [6.45, 7) is 9.06. The molecule has 2 fully saturated rings. The van der Waals surface area contributed by atoms with E-state index < -0.39 is 5.60 Å². The molecule has 2 aliphatic heterocycles. The van der Waals surface area contributed by atoms with Crippen LogP contribution in [0.5, 0.6) is 0 Å². The molecule has 0 radical (unpaired) electrons. The zero-order valence-corrected chi connectivity index (χ0v) is 9.25. The predicted octanol–water partition coefficient (Wildman–Crippen LogP) is 0.870. The van der Waals surface area contributed by atoms with Gasteiger partial charge in [-0.15, -0.1) is 0 Å². The van der Waals surface area contributed by atoms with Gasteiger partial charge in [0.1, 0.15) is 0 Å². The molecule has 3 heteroatoms. The first-order valence-electron chi connectivity index (χ1n) is 5.52. The van der Waals surface area contributed by atoms with E-state index in [0.717, 1.165) is 32.5 Å². The van der Waals surface area contributed by atoms with Crippen LogP contribution in [0.4, 0.5) is 0 Å². The van der Waals surface area contributed by atoms with Crippen LogP contribution in [0.1, 0.15) is 26.7 Å². The van der Waals surface area contributed by atoms with Crippen molar-refractivity contribution in [1.82, 2.24) is 4.90 Å². The predicted molar refractivity (Wildman–Crippen MR) is 55.2 cm³/mol. The summed E-state index contributed by atoms with van der Waals surface area (Å²) < 4.78 is 5.26. The van der Waals surface area contributed by atoms with Gasteiger partial charge < -0.3 is 9.84 Å². The van der Waals surface area contributed by atoms with Crippen LogP contribution in [-0.4, -0.2) is 48.5 Å². The third-order valence-corrected chi connectivity index (χ3v) is 3.24. The van der Waals surface area contributed by atoms with Gasteiger partial charge in [-0.05, 0) is 5.41 Å². The first kappa shape index (κ1) is 10.4. The van der Waals surface area contributed by atoms with Crippen molar-refractivity contribution in [1.29, 1.82) is 0 Å². The second-order valence-electron chi connectivity index (χ2n) is 5.65. The highest BCUT2D eigenvalue weighted by Crippen LogP contribution is 2.32. The molecule has 0 aliphatic carbocycles. The molecule has 14 heavy (non-hydrogen) atoms. The minimum atomic E-state index is -0.477. The Morgan fingerprint density at radius 2 is 1.79 bits per heavy atom. The normalized spacial score (nSPS) is 31.1. The molecule has 2 heterocycles. The molecule has 0 spiro atoms. The van der Waals surface area contributed by atoms with Gasteiger partial charge in [0.05, 0.1) is 5.60 Å². The molecule has 1 N–H and O–H groups in total. The quantitative estimate of drug-likeness (QED) is 0.716. The zero-order valence-electron chi connectivity index (χ0n) is 9.25. The lowest BCUT2D eigenvalue weighted by atomic mass is 9.82. The molecule has 0 aromatic heterocycles. The standard InChI is InChI=1S/C11H21NO2/c1-10(2)7-12(8-10)9-11(13)3-5-14-6-4-11/h13H,3-9H2,1-2H3. The molecule has 2 saturated heterocycles. The molecule has 2 aliphatic rings. The summed E-state index contributed by atoms with van der Waals surface area (Å²) in [6, 6.07) is 0. The van der Waals surface area contributed by atoms with Crippen LogP contribution in [0.25, 0.3) is 0 Å². The second kappa shape index (κ2) is 3.47. The van der Waals surface area contributed by atoms with E-state index in [1.165, 1.54) is 0 Å². The summed E-state index contributed by atoms with van der Waals surface area (Å²) in [7, 11) is 0. The molecule has 0 saturated carbocycles. The third kappa shape index (κ3) is 2.27. The van der Waals surface area contributed by atoms with Crippen molar-refractivity contribution in [2.75, 3.05) is 32.8 Å². The number of rotatable bonds is 2. The van der Waals surface area contributed by atoms with E-state index in [1.807, 2.05) is 0 Å². The van der Waals surface area contributed by atoms with Crippen molar-refractivity contribution < 1.29 is 9.84 Å². The van der Waals surface area contributed by atoms with Gasteiger partial charge in [-0.25, -0.2) is 0 Å². The lowest BCUT2D eigenvalue weighted by Gasteiger charge is -2.49. The van der Waals surface area contributed by atoms with Gasteiger partial charge in [-0.2, -0.15) is 0 Å². The molecular weight excluding hydrogens is 178 g/mol. The summed E-state index contributed by atoms with van der Waals surface area (Å²) >= 11 is 0. The fourth-order valence-electron chi connectivity index (χ4n) is 2.60. The number of aliphatic hydroxyl groups is 1. The average Bonchev–Trinajstić information content (AvgIpc) is 2.01. The molecular formula is C11H21NO2. The highest BCUT2D eigenvalue weighted by atomic mass is 16.5. The Balaban J connectivity index is 1.79. The molecule has 82 valence electrons.